The van der Waals surface area contributed by atoms with Crippen molar-refractivity contribution in [3.05, 3.63) is 41.6 Å². The molecule has 4 aliphatic rings. The van der Waals surface area contributed by atoms with Gasteiger partial charge in [0.05, 0.1) is 10.7 Å². The molecule has 23 heavy (non-hydrogen) atoms. The fraction of sp³-hybridized carbons (Fsp3) is 0.474. The summed E-state index contributed by atoms with van der Waals surface area (Å²) in [5, 5.41) is 5.42. The van der Waals surface area contributed by atoms with Crippen molar-refractivity contribution in [3.8, 4) is 0 Å². The molecular weight excluding hydrogens is 308 g/mol. The van der Waals surface area contributed by atoms with Crippen LogP contribution in [-0.4, -0.2) is 29.6 Å². The Morgan fingerprint density at radius 2 is 2.09 bits per heavy atom. The van der Waals surface area contributed by atoms with Crippen LogP contribution in [0.2, 0.25) is 5.02 Å². The van der Waals surface area contributed by atoms with Crippen LogP contribution in [0.1, 0.15) is 31.4 Å². The third-order valence-electron chi connectivity index (χ3n) is 6.11. The van der Waals surface area contributed by atoms with Gasteiger partial charge < -0.3 is 9.73 Å². The molecule has 4 fully saturated rings. The number of fused-ring (bicyclic) bond motifs is 3. The highest BCUT2D eigenvalue weighted by molar-refractivity contribution is 6.34. The summed E-state index contributed by atoms with van der Waals surface area (Å²) in [6.07, 6.45) is 5.25. The Hall–Kier alpha value is -1.45. The molecule has 6 rings (SSSR count). The predicted octanol–water partition coefficient (Wildman–Crippen LogP) is 4.27. The number of hydrogen-bond donors (Lipinski definition) is 1. The molecule has 1 saturated carbocycles. The first-order chi connectivity index (χ1) is 11.2. The molecule has 1 aromatic carbocycles. The van der Waals surface area contributed by atoms with Crippen molar-refractivity contribution < 1.29 is 4.42 Å². The number of rotatable bonds is 3. The van der Waals surface area contributed by atoms with Crippen molar-refractivity contribution in [2.75, 3.05) is 13.1 Å². The van der Waals surface area contributed by atoms with E-state index in [1.807, 2.05) is 24.3 Å². The Bertz CT molecular complexity index is 784. The quantitative estimate of drug-likeness (QED) is 0.912. The number of para-hydroxylation sites is 1. The van der Waals surface area contributed by atoms with Gasteiger partial charge in [0.1, 0.15) is 0 Å². The number of halogens is 1. The van der Waals surface area contributed by atoms with Gasteiger partial charge in [0.2, 0.25) is 0 Å². The molecule has 2 aromatic rings. The van der Waals surface area contributed by atoms with E-state index >= 15 is 0 Å². The normalized spacial score (nSPS) is 30.7. The second kappa shape index (κ2) is 4.78. The molecule has 1 aromatic heterocycles. The summed E-state index contributed by atoms with van der Waals surface area (Å²) < 4.78 is 5.96. The third-order valence-corrected chi connectivity index (χ3v) is 6.40. The summed E-state index contributed by atoms with van der Waals surface area (Å²) in [6, 6.07) is 8.39. The predicted molar refractivity (Wildman–Crippen MR) is 93.4 cm³/mol. The van der Waals surface area contributed by atoms with Gasteiger partial charge in [-0.15, -0.1) is 0 Å². The maximum Gasteiger partial charge on any atom is 0.153 e. The molecule has 2 bridgehead atoms. The number of piperidine rings is 3. The molecular formula is C19H21ClN2O. The van der Waals surface area contributed by atoms with E-state index in [4.69, 9.17) is 16.0 Å². The number of benzene rings is 1. The van der Waals surface area contributed by atoms with Crippen LogP contribution in [0.4, 0.5) is 0 Å². The molecule has 0 amide bonds. The van der Waals surface area contributed by atoms with Gasteiger partial charge in [0.15, 0.2) is 11.3 Å². The van der Waals surface area contributed by atoms with Crippen LogP contribution in [-0.2, 0) is 0 Å². The van der Waals surface area contributed by atoms with E-state index in [0.717, 1.165) is 28.3 Å². The van der Waals surface area contributed by atoms with Crippen LogP contribution in [0.5, 0.6) is 0 Å². The summed E-state index contributed by atoms with van der Waals surface area (Å²) >= 11 is 6.22. The second-order valence-electron chi connectivity index (χ2n) is 7.30. The van der Waals surface area contributed by atoms with Crippen LogP contribution in [0, 0.1) is 5.92 Å². The van der Waals surface area contributed by atoms with Crippen LogP contribution in [0.25, 0.3) is 16.7 Å². The van der Waals surface area contributed by atoms with Gasteiger partial charge in [-0.2, -0.15) is 0 Å². The monoisotopic (exact) mass is 328 g/mol. The summed E-state index contributed by atoms with van der Waals surface area (Å²) in [5.74, 6) is 1.58. The van der Waals surface area contributed by atoms with Crippen molar-refractivity contribution in [3.63, 3.8) is 0 Å². The first kappa shape index (κ1) is 13.9. The van der Waals surface area contributed by atoms with Gasteiger partial charge in [0, 0.05) is 17.0 Å². The highest BCUT2D eigenvalue weighted by atomic mass is 35.5. The molecule has 3 saturated heterocycles. The first-order valence-corrected chi connectivity index (χ1v) is 8.94. The lowest BCUT2D eigenvalue weighted by Gasteiger charge is -2.52. The Morgan fingerprint density at radius 1 is 1.30 bits per heavy atom. The summed E-state index contributed by atoms with van der Waals surface area (Å²) in [4.78, 5) is 2.70. The maximum absolute atomic E-state index is 6.22. The standard InChI is InChI=1S/C19H21ClN2O/c1-12(16-11-14-3-2-4-15(20)17(14)23-16)21-18-13-5-9-22(10-6-13)19(18)7-8-19/h2-4,11,13,18,21H,1,5-10H2/t18-/m1/s1. The van der Waals surface area contributed by atoms with Gasteiger partial charge in [-0.1, -0.05) is 30.3 Å². The van der Waals surface area contributed by atoms with E-state index in [2.05, 4.69) is 16.8 Å². The molecule has 4 heteroatoms. The molecule has 3 nitrogen and oxygen atoms in total. The number of hydrogen-bond acceptors (Lipinski definition) is 3. The molecule has 1 N–H and O–H groups in total. The average molecular weight is 329 g/mol. The topological polar surface area (TPSA) is 28.4 Å². The van der Waals surface area contributed by atoms with Crippen LogP contribution in [0.3, 0.4) is 0 Å². The van der Waals surface area contributed by atoms with Crippen molar-refractivity contribution in [2.24, 2.45) is 5.92 Å². The zero-order valence-corrected chi connectivity index (χ0v) is 13.9. The Morgan fingerprint density at radius 3 is 2.78 bits per heavy atom. The molecule has 0 unspecified atom stereocenters. The zero-order chi connectivity index (χ0) is 15.6. The number of nitrogens with one attached hydrogen (secondary N) is 1. The third kappa shape index (κ3) is 1.99. The van der Waals surface area contributed by atoms with E-state index in [1.54, 1.807) is 0 Å². The molecule has 120 valence electrons. The fourth-order valence-electron chi connectivity index (χ4n) is 4.76. The van der Waals surface area contributed by atoms with E-state index in [-0.39, 0.29) is 0 Å². The zero-order valence-electron chi connectivity index (χ0n) is 13.1. The summed E-state index contributed by atoms with van der Waals surface area (Å²) in [7, 11) is 0. The number of furan rings is 1. The highest BCUT2D eigenvalue weighted by Crippen LogP contribution is 2.54. The van der Waals surface area contributed by atoms with Crippen LogP contribution < -0.4 is 5.32 Å². The highest BCUT2D eigenvalue weighted by Gasteiger charge is 2.60. The average Bonchev–Trinajstić information content (AvgIpc) is 3.21. The number of nitrogens with zero attached hydrogens (tertiary/aromatic N) is 1. The van der Waals surface area contributed by atoms with Crippen molar-refractivity contribution in [2.45, 2.75) is 37.3 Å². The molecule has 0 radical (unpaired) electrons. The molecule has 3 aliphatic heterocycles. The van der Waals surface area contributed by atoms with Gasteiger partial charge in [0.25, 0.3) is 0 Å². The molecule has 1 spiro atoms. The summed E-state index contributed by atoms with van der Waals surface area (Å²) in [5.41, 5.74) is 2.04. The molecule has 1 atom stereocenters. The largest absolute Gasteiger partial charge is 0.453 e. The minimum absolute atomic E-state index is 0.397. The summed E-state index contributed by atoms with van der Waals surface area (Å²) in [6.45, 7) is 6.80. The van der Waals surface area contributed by atoms with Crippen LogP contribution >= 0.6 is 11.6 Å². The minimum Gasteiger partial charge on any atom is -0.453 e. The molecule has 1 aliphatic carbocycles. The van der Waals surface area contributed by atoms with Gasteiger partial charge in [-0.05, 0) is 56.8 Å². The van der Waals surface area contributed by atoms with E-state index in [1.165, 1.54) is 38.8 Å². The van der Waals surface area contributed by atoms with Gasteiger partial charge >= 0.3 is 0 Å². The Labute approximate surface area is 141 Å². The lowest BCUT2D eigenvalue weighted by atomic mass is 9.76. The van der Waals surface area contributed by atoms with E-state index in [0.29, 0.717) is 16.6 Å². The lowest BCUT2D eigenvalue weighted by Crippen LogP contribution is -2.64. The van der Waals surface area contributed by atoms with E-state index < -0.39 is 0 Å². The second-order valence-corrected chi connectivity index (χ2v) is 7.70. The Kier molecular flexibility index (Phi) is 2.90. The van der Waals surface area contributed by atoms with Gasteiger partial charge in [-0.25, -0.2) is 0 Å². The lowest BCUT2D eigenvalue weighted by molar-refractivity contribution is 0.00351. The maximum atomic E-state index is 6.22. The minimum atomic E-state index is 0.397. The fourth-order valence-corrected chi connectivity index (χ4v) is 4.98. The van der Waals surface area contributed by atoms with E-state index in [9.17, 15) is 0 Å². The SMILES string of the molecule is C=C(N[C@@H]1C2CCN(CC2)C12CC2)c1cc2cccc(Cl)c2o1. The Balaban J connectivity index is 1.43. The smallest absolute Gasteiger partial charge is 0.153 e. The van der Waals surface area contributed by atoms with Gasteiger partial charge in [-0.3, -0.25) is 4.90 Å². The van der Waals surface area contributed by atoms with Crippen LogP contribution in [0.15, 0.2) is 35.3 Å². The van der Waals surface area contributed by atoms with Crippen molar-refractivity contribution in [1.29, 1.82) is 0 Å². The first-order valence-electron chi connectivity index (χ1n) is 8.56. The van der Waals surface area contributed by atoms with Crippen molar-refractivity contribution >= 4 is 28.3 Å². The molecule has 4 heterocycles. The van der Waals surface area contributed by atoms with Crippen molar-refractivity contribution in [1.82, 2.24) is 10.2 Å².